The van der Waals surface area contributed by atoms with Crippen LogP contribution in [0.1, 0.15) is 36.8 Å². The highest BCUT2D eigenvalue weighted by Crippen LogP contribution is 2.47. The third kappa shape index (κ3) is 5.57. The molecule has 0 saturated carbocycles. The number of benzene rings is 2. The van der Waals surface area contributed by atoms with Crippen LogP contribution in [0, 0.1) is 0 Å². The fourth-order valence-corrected chi connectivity index (χ4v) is 5.78. The second kappa shape index (κ2) is 12.5. The molecule has 2 aromatic carbocycles. The van der Waals surface area contributed by atoms with Crippen molar-refractivity contribution in [2.24, 2.45) is 0 Å². The number of rotatable bonds is 12. The lowest BCUT2D eigenvalue weighted by Gasteiger charge is -2.26. The molecule has 0 N–H and O–H groups in total. The van der Waals surface area contributed by atoms with Crippen LogP contribution in [0.15, 0.2) is 59.7 Å². The summed E-state index contributed by atoms with van der Waals surface area (Å²) in [4.78, 5) is 36.0. The van der Waals surface area contributed by atoms with Crippen LogP contribution < -0.4 is 9.80 Å². The van der Waals surface area contributed by atoms with Crippen LogP contribution in [-0.4, -0.2) is 73.6 Å². The number of alkyl halides is 2. The highest BCUT2D eigenvalue weighted by atomic mass is 79.9. The van der Waals surface area contributed by atoms with Gasteiger partial charge in [-0.3, -0.25) is 9.59 Å². The summed E-state index contributed by atoms with van der Waals surface area (Å²) in [6.07, 6.45) is 3.62. The van der Waals surface area contributed by atoms with Crippen LogP contribution in [0.5, 0.6) is 0 Å². The van der Waals surface area contributed by atoms with E-state index in [1.807, 2.05) is 96.3 Å². The Morgan fingerprint density at radius 2 is 0.921 bits per heavy atom. The SMILES string of the molecule is CN(C)c1ccc(C2=C3C(=O)N(CCCCBr)C(c4ccc(N(C)C)cc4)=C3C(=O)N2CCCCBr)cc1. The first kappa shape index (κ1) is 28.4. The van der Waals surface area contributed by atoms with Crippen LogP contribution in [0.25, 0.3) is 11.4 Å². The molecule has 0 bridgehead atoms. The molecule has 0 fully saturated rings. The molecule has 2 aromatic rings. The van der Waals surface area contributed by atoms with Crippen molar-refractivity contribution in [3.8, 4) is 0 Å². The van der Waals surface area contributed by atoms with Gasteiger partial charge in [-0.25, -0.2) is 0 Å². The lowest BCUT2D eigenvalue weighted by molar-refractivity contribution is -0.124. The van der Waals surface area contributed by atoms with Gasteiger partial charge in [0.25, 0.3) is 11.8 Å². The number of hydrogen-bond acceptors (Lipinski definition) is 4. The zero-order valence-corrected chi connectivity index (χ0v) is 25.8. The molecule has 2 heterocycles. The van der Waals surface area contributed by atoms with Crippen LogP contribution in [0.4, 0.5) is 11.4 Å². The average Bonchev–Trinajstić information content (AvgIpc) is 3.35. The fraction of sp³-hybridized carbons (Fsp3) is 0.400. The van der Waals surface area contributed by atoms with Crippen molar-refractivity contribution >= 4 is 66.4 Å². The Bertz CT molecular complexity index is 1140. The minimum absolute atomic E-state index is 0.0794. The number of amides is 2. The number of hydrogen-bond donors (Lipinski definition) is 0. The maximum Gasteiger partial charge on any atom is 0.261 e. The lowest BCUT2D eigenvalue weighted by atomic mass is 10.0. The van der Waals surface area contributed by atoms with Gasteiger partial charge in [0.15, 0.2) is 0 Å². The van der Waals surface area contributed by atoms with E-state index in [1.54, 1.807) is 0 Å². The van der Waals surface area contributed by atoms with Crippen molar-refractivity contribution in [3.63, 3.8) is 0 Å². The number of nitrogens with zero attached hydrogens (tertiary/aromatic N) is 4. The summed E-state index contributed by atoms with van der Waals surface area (Å²) in [7, 11) is 8.01. The van der Waals surface area contributed by atoms with E-state index >= 15 is 0 Å². The summed E-state index contributed by atoms with van der Waals surface area (Å²) < 4.78 is 0. The smallest absolute Gasteiger partial charge is 0.261 e. The van der Waals surface area contributed by atoms with Gasteiger partial charge in [-0.1, -0.05) is 56.1 Å². The molecule has 0 aliphatic carbocycles. The predicted molar refractivity (Wildman–Crippen MR) is 165 cm³/mol. The Hall–Kier alpha value is -2.58. The first-order valence-electron chi connectivity index (χ1n) is 13.1. The number of unbranched alkanes of at least 4 members (excludes halogenated alkanes) is 2. The molecule has 4 rings (SSSR count). The minimum atomic E-state index is -0.0794. The maximum absolute atomic E-state index is 14.1. The summed E-state index contributed by atoms with van der Waals surface area (Å²) in [6.45, 7) is 1.15. The molecule has 0 unspecified atom stereocenters. The van der Waals surface area contributed by atoms with Crippen molar-refractivity contribution in [2.45, 2.75) is 25.7 Å². The third-order valence-corrected chi connectivity index (χ3v) is 8.15. The molecule has 202 valence electrons. The molecule has 6 nitrogen and oxygen atoms in total. The molecule has 8 heteroatoms. The summed E-state index contributed by atoms with van der Waals surface area (Å²) in [5.74, 6) is -0.159. The van der Waals surface area contributed by atoms with Gasteiger partial charge in [-0.2, -0.15) is 0 Å². The maximum atomic E-state index is 14.1. The highest BCUT2D eigenvalue weighted by molar-refractivity contribution is 9.09. The average molecular weight is 644 g/mol. The Morgan fingerprint density at radius 1 is 0.579 bits per heavy atom. The van der Waals surface area contributed by atoms with E-state index in [1.165, 1.54) is 0 Å². The molecular weight excluding hydrogens is 608 g/mol. The predicted octanol–water partition coefficient (Wildman–Crippen LogP) is 5.98. The van der Waals surface area contributed by atoms with Crippen molar-refractivity contribution in [3.05, 3.63) is 70.8 Å². The van der Waals surface area contributed by atoms with Gasteiger partial charge in [0.05, 0.1) is 22.5 Å². The van der Waals surface area contributed by atoms with E-state index in [2.05, 4.69) is 31.9 Å². The zero-order chi connectivity index (χ0) is 27.4. The molecule has 0 saturated heterocycles. The summed E-state index contributed by atoms with van der Waals surface area (Å²) in [6, 6.07) is 16.3. The van der Waals surface area contributed by atoms with Crippen LogP contribution in [0.2, 0.25) is 0 Å². The number of halogens is 2. The Kier molecular flexibility index (Phi) is 9.36. The molecule has 2 aliphatic heterocycles. The second-order valence-corrected chi connectivity index (χ2v) is 11.6. The molecule has 0 radical (unpaired) electrons. The summed E-state index contributed by atoms with van der Waals surface area (Å²) in [5, 5.41) is 1.76. The molecule has 0 aromatic heterocycles. The van der Waals surface area contributed by atoms with Crippen molar-refractivity contribution in [1.29, 1.82) is 0 Å². The first-order valence-corrected chi connectivity index (χ1v) is 15.3. The Balaban J connectivity index is 1.89. The number of fused-ring (bicyclic) bond motifs is 1. The molecule has 38 heavy (non-hydrogen) atoms. The van der Waals surface area contributed by atoms with Gasteiger partial charge in [0.2, 0.25) is 0 Å². The minimum Gasteiger partial charge on any atom is -0.378 e. The van der Waals surface area contributed by atoms with Crippen molar-refractivity contribution in [2.75, 3.05) is 61.7 Å². The van der Waals surface area contributed by atoms with E-state index in [4.69, 9.17) is 0 Å². The molecule has 0 atom stereocenters. The van der Waals surface area contributed by atoms with Gasteiger partial charge in [-0.15, -0.1) is 0 Å². The quantitative estimate of drug-likeness (QED) is 0.211. The molecule has 2 amide bonds. The fourth-order valence-electron chi connectivity index (χ4n) is 4.99. The van der Waals surface area contributed by atoms with Gasteiger partial charge in [0, 0.05) is 63.3 Å². The van der Waals surface area contributed by atoms with Gasteiger partial charge in [-0.05, 0) is 61.1 Å². The summed E-state index contributed by atoms with van der Waals surface area (Å²) in [5.41, 5.74) is 6.48. The number of carbonyl (C=O) groups is 2. The molecule has 0 spiro atoms. The highest BCUT2D eigenvalue weighted by Gasteiger charge is 2.48. The second-order valence-electron chi connectivity index (χ2n) is 10.0. The molecule has 2 aliphatic rings. The van der Waals surface area contributed by atoms with E-state index in [9.17, 15) is 9.59 Å². The summed E-state index contributed by atoms with van der Waals surface area (Å²) >= 11 is 7.02. The van der Waals surface area contributed by atoms with E-state index < -0.39 is 0 Å². The van der Waals surface area contributed by atoms with Crippen molar-refractivity contribution < 1.29 is 9.59 Å². The largest absolute Gasteiger partial charge is 0.378 e. The normalized spacial score (nSPS) is 15.2. The van der Waals surface area contributed by atoms with E-state index in [0.717, 1.165) is 70.2 Å². The lowest BCUT2D eigenvalue weighted by Crippen LogP contribution is -2.31. The third-order valence-electron chi connectivity index (χ3n) is 7.03. The first-order chi connectivity index (χ1) is 18.3. The topological polar surface area (TPSA) is 47.1 Å². The van der Waals surface area contributed by atoms with Gasteiger partial charge < -0.3 is 19.6 Å². The Labute approximate surface area is 243 Å². The standard InChI is InChI=1S/C30H36Br2N4O2/c1-33(2)23-13-9-21(10-14-23)27-25-26(30(38)35(27)19-7-5-17-31)28(36(29(25)37)20-8-6-18-32)22-11-15-24(16-12-22)34(3)4/h9-16H,5-8,17-20H2,1-4H3. The van der Waals surface area contributed by atoms with Gasteiger partial charge >= 0.3 is 0 Å². The van der Waals surface area contributed by atoms with E-state index in [-0.39, 0.29) is 11.8 Å². The van der Waals surface area contributed by atoms with E-state index in [0.29, 0.717) is 24.2 Å². The molecular formula is C30H36Br2N4O2. The van der Waals surface area contributed by atoms with Gasteiger partial charge in [0.1, 0.15) is 0 Å². The van der Waals surface area contributed by atoms with Crippen LogP contribution >= 0.6 is 31.9 Å². The Morgan fingerprint density at radius 3 is 1.21 bits per heavy atom. The number of anilines is 2. The number of carbonyl (C=O) groups excluding carboxylic acids is 2. The van der Waals surface area contributed by atoms with Crippen LogP contribution in [-0.2, 0) is 9.59 Å². The van der Waals surface area contributed by atoms with Crippen molar-refractivity contribution in [1.82, 2.24) is 9.80 Å². The van der Waals surface area contributed by atoms with Crippen LogP contribution in [0.3, 0.4) is 0 Å². The monoisotopic (exact) mass is 642 g/mol. The zero-order valence-electron chi connectivity index (χ0n) is 22.6.